The molecule has 76 valence electrons. The molecule has 0 aromatic heterocycles. The maximum Gasteiger partial charge on any atom is 0.164 e. The highest BCUT2D eigenvalue weighted by atomic mass is 35.5. The number of benzene rings is 1. The first kappa shape index (κ1) is 11.1. The van der Waals surface area contributed by atoms with Crippen molar-refractivity contribution in [2.45, 2.75) is 12.8 Å². The molecule has 0 saturated heterocycles. The van der Waals surface area contributed by atoms with E-state index in [-0.39, 0.29) is 16.4 Å². The van der Waals surface area contributed by atoms with Crippen LogP contribution in [0.5, 0.6) is 0 Å². The lowest BCUT2D eigenvalue weighted by atomic mass is 10.1. The van der Waals surface area contributed by atoms with Crippen molar-refractivity contribution >= 4 is 17.4 Å². The van der Waals surface area contributed by atoms with Crippen LogP contribution in [0.15, 0.2) is 18.2 Å². The molecule has 0 fully saturated rings. The maximum absolute atomic E-state index is 12.8. The van der Waals surface area contributed by atoms with Crippen molar-refractivity contribution in [1.29, 1.82) is 0 Å². The van der Waals surface area contributed by atoms with Crippen LogP contribution in [0.2, 0.25) is 5.02 Å². The van der Waals surface area contributed by atoms with Gasteiger partial charge in [-0.3, -0.25) is 4.79 Å². The highest BCUT2D eigenvalue weighted by Gasteiger charge is 2.10. The molecule has 0 aliphatic carbocycles. The predicted octanol–water partition coefficient (Wildman–Crippen LogP) is 2.40. The number of hydrogen-bond donors (Lipinski definition) is 1. The Balaban J connectivity index is 2.83. The smallest absolute Gasteiger partial charge is 0.164 e. The second kappa shape index (κ2) is 5.08. The summed E-state index contributed by atoms with van der Waals surface area (Å²) in [4.78, 5) is 11.5. The van der Waals surface area contributed by atoms with Crippen molar-refractivity contribution in [3.63, 3.8) is 0 Å². The van der Waals surface area contributed by atoms with E-state index in [4.69, 9.17) is 17.3 Å². The molecule has 0 atom stereocenters. The lowest BCUT2D eigenvalue weighted by Crippen LogP contribution is -2.05. The lowest BCUT2D eigenvalue weighted by Gasteiger charge is -2.02. The van der Waals surface area contributed by atoms with Crippen LogP contribution in [0, 0.1) is 5.82 Å². The van der Waals surface area contributed by atoms with Crippen molar-refractivity contribution in [3.05, 3.63) is 34.6 Å². The van der Waals surface area contributed by atoms with Crippen molar-refractivity contribution < 1.29 is 9.18 Å². The summed E-state index contributed by atoms with van der Waals surface area (Å²) >= 11 is 5.75. The SMILES string of the molecule is NCCCC(=O)c1cc(F)ccc1Cl. The zero-order chi connectivity index (χ0) is 10.6. The fourth-order valence-electron chi connectivity index (χ4n) is 1.11. The number of rotatable bonds is 4. The molecule has 0 unspecified atom stereocenters. The van der Waals surface area contributed by atoms with Gasteiger partial charge < -0.3 is 5.73 Å². The van der Waals surface area contributed by atoms with Gasteiger partial charge in [0, 0.05) is 12.0 Å². The molecule has 2 N–H and O–H groups in total. The molecule has 1 aromatic rings. The highest BCUT2D eigenvalue weighted by Crippen LogP contribution is 2.18. The Morgan fingerprint density at radius 2 is 2.21 bits per heavy atom. The Kier molecular flexibility index (Phi) is 4.04. The molecule has 0 aliphatic rings. The minimum absolute atomic E-state index is 0.167. The minimum atomic E-state index is -0.453. The van der Waals surface area contributed by atoms with E-state index in [1.165, 1.54) is 12.1 Å². The number of carbonyl (C=O) groups is 1. The first-order chi connectivity index (χ1) is 6.65. The van der Waals surface area contributed by atoms with Crippen LogP contribution in [0.3, 0.4) is 0 Å². The van der Waals surface area contributed by atoms with Gasteiger partial charge in [-0.2, -0.15) is 0 Å². The summed E-state index contributed by atoms with van der Waals surface area (Å²) in [5.41, 5.74) is 5.50. The molecule has 0 bridgehead atoms. The largest absolute Gasteiger partial charge is 0.330 e. The van der Waals surface area contributed by atoms with Crippen LogP contribution in [0.4, 0.5) is 4.39 Å². The quantitative estimate of drug-likeness (QED) is 0.784. The van der Waals surface area contributed by atoms with Gasteiger partial charge in [0.25, 0.3) is 0 Å². The average Bonchev–Trinajstić information content (AvgIpc) is 2.18. The van der Waals surface area contributed by atoms with Crippen LogP contribution in [0.1, 0.15) is 23.2 Å². The summed E-state index contributed by atoms with van der Waals surface area (Å²) in [7, 11) is 0. The summed E-state index contributed by atoms with van der Waals surface area (Å²) in [5, 5.41) is 0.286. The molecule has 4 heteroatoms. The van der Waals surface area contributed by atoms with Gasteiger partial charge in [0.1, 0.15) is 5.82 Å². The topological polar surface area (TPSA) is 43.1 Å². The standard InChI is InChI=1S/C10H11ClFNO/c11-9-4-3-7(12)6-8(9)10(14)2-1-5-13/h3-4,6H,1-2,5,13H2. The van der Waals surface area contributed by atoms with Crippen molar-refractivity contribution in [3.8, 4) is 0 Å². The third-order valence-electron chi connectivity index (χ3n) is 1.84. The highest BCUT2D eigenvalue weighted by molar-refractivity contribution is 6.33. The van der Waals surface area contributed by atoms with E-state index in [1.54, 1.807) is 0 Å². The molecule has 1 aromatic carbocycles. The second-order valence-electron chi connectivity index (χ2n) is 2.94. The van der Waals surface area contributed by atoms with Gasteiger partial charge in [0.2, 0.25) is 0 Å². The Hall–Kier alpha value is -0.930. The summed E-state index contributed by atoms with van der Waals surface area (Å²) in [5.74, 6) is -0.620. The molecule has 0 aliphatic heterocycles. The van der Waals surface area contributed by atoms with E-state index in [2.05, 4.69) is 0 Å². The normalized spacial score (nSPS) is 10.2. The van der Waals surface area contributed by atoms with Crippen LogP contribution in [-0.4, -0.2) is 12.3 Å². The molecule has 0 saturated carbocycles. The number of hydrogen-bond acceptors (Lipinski definition) is 2. The molecule has 2 nitrogen and oxygen atoms in total. The van der Waals surface area contributed by atoms with E-state index in [9.17, 15) is 9.18 Å². The van der Waals surface area contributed by atoms with E-state index >= 15 is 0 Å². The molecular weight excluding hydrogens is 205 g/mol. The van der Waals surface area contributed by atoms with Crippen molar-refractivity contribution in [2.24, 2.45) is 5.73 Å². The Morgan fingerprint density at radius 1 is 1.50 bits per heavy atom. The lowest BCUT2D eigenvalue weighted by molar-refractivity contribution is 0.0980. The van der Waals surface area contributed by atoms with E-state index < -0.39 is 5.82 Å². The van der Waals surface area contributed by atoms with E-state index in [0.717, 1.165) is 6.07 Å². The fourth-order valence-corrected chi connectivity index (χ4v) is 1.33. The molecule has 0 radical (unpaired) electrons. The summed E-state index contributed by atoms with van der Waals surface area (Å²) < 4.78 is 12.8. The fraction of sp³-hybridized carbons (Fsp3) is 0.300. The average molecular weight is 216 g/mol. The zero-order valence-electron chi connectivity index (χ0n) is 7.59. The Labute approximate surface area is 86.9 Å². The van der Waals surface area contributed by atoms with Crippen LogP contribution in [-0.2, 0) is 0 Å². The number of Topliss-reactive ketones (excluding diaryl/α,β-unsaturated/α-hetero) is 1. The van der Waals surface area contributed by atoms with Gasteiger partial charge >= 0.3 is 0 Å². The van der Waals surface area contributed by atoms with Gasteiger partial charge in [0.15, 0.2) is 5.78 Å². The number of halogens is 2. The molecule has 1 rings (SSSR count). The Bertz CT molecular complexity index is 341. The third-order valence-corrected chi connectivity index (χ3v) is 2.17. The number of nitrogens with two attached hydrogens (primary N) is 1. The first-order valence-electron chi connectivity index (χ1n) is 4.33. The second-order valence-corrected chi connectivity index (χ2v) is 3.35. The van der Waals surface area contributed by atoms with Gasteiger partial charge in [-0.25, -0.2) is 4.39 Å². The van der Waals surface area contributed by atoms with Gasteiger partial charge in [0.05, 0.1) is 5.02 Å². The molecule has 0 spiro atoms. The molecular formula is C10H11ClFNO. The van der Waals surface area contributed by atoms with Crippen LogP contribution >= 0.6 is 11.6 Å². The predicted molar refractivity (Wildman–Crippen MR) is 54.0 cm³/mol. The van der Waals surface area contributed by atoms with Crippen LogP contribution < -0.4 is 5.73 Å². The van der Waals surface area contributed by atoms with Gasteiger partial charge in [-0.05, 0) is 31.2 Å². The molecule has 0 amide bonds. The van der Waals surface area contributed by atoms with Crippen molar-refractivity contribution in [1.82, 2.24) is 0 Å². The van der Waals surface area contributed by atoms with E-state index in [0.29, 0.717) is 19.4 Å². The van der Waals surface area contributed by atoms with E-state index in [1.807, 2.05) is 0 Å². The van der Waals surface area contributed by atoms with Gasteiger partial charge in [-0.15, -0.1) is 0 Å². The third kappa shape index (κ3) is 2.79. The molecule has 14 heavy (non-hydrogen) atoms. The number of carbonyl (C=O) groups excluding carboxylic acids is 1. The number of ketones is 1. The summed E-state index contributed by atoms with van der Waals surface area (Å²) in [6, 6.07) is 3.76. The monoisotopic (exact) mass is 215 g/mol. The van der Waals surface area contributed by atoms with Crippen molar-refractivity contribution in [2.75, 3.05) is 6.54 Å². The zero-order valence-corrected chi connectivity index (χ0v) is 8.35. The van der Waals surface area contributed by atoms with Crippen LogP contribution in [0.25, 0.3) is 0 Å². The maximum atomic E-state index is 12.8. The Morgan fingerprint density at radius 3 is 2.86 bits per heavy atom. The summed E-state index contributed by atoms with van der Waals surface area (Å²) in [6.07, 6.45) is 0.894. The minimum Gasteiger partial charge on any atom is -0.330 e. The molecule has 0 heterocycles. The summed E-state index contributed by atoms with van der Waals surface area (Å²) in [6.45, 7) is 0.443. The van der Waals surface area contributed by atoms with Gasteiger partial charge in [-0.1, -0.05) is 11.6 Å². The first-order valence-corrected chi connectivity index (χ1v) is 4.71.